The molecule has 26 heavy (non-hydrogen) atoms. The van der Waals surface area contributed by atoms with E-state index in [4.69, 9.17) is 0 Å². The molecule has 1 fully saturated rings. The summed E-state index contributed by atoms with van der Waals surface area (Å²) in [4.78, 5) is 17.8. The Morgan fingerprint density at radius 1 is 1.19 bits per heavy atom. The monoisotopic (exact) mass is 349 g/mol. The van der Waals surface area contributed by atoms with Gasteiger partial charge in [0, 0.05) is 30.2 Å². The quantitative estimate of drug-likeness (QED) is 0.757. The van der Waals surface area contributed by atoms with Gasteiger partial charge in [-0.25, -0.2) is 0 Å². The minimum atomic E-state index is -0.0939. The number of carbonyl (C=O) groups is 1. The van der Waals surface area contributed by atoms with Gasteiger partial charge in [-0.2, -0.15) is 0 Å². The zero-order valence-electron chi connectivity index (χ0n) is 14.9. The van der Waals surface area contributed by atoms with Crippen molar-refractivity contribution in [2.45, 2.75) is 26.2 Å². The number of hydrogen-bond acceptors (Lipinski definition) is 4. The minimum absolute atomic E-state index is 0.0939. The van der Waals surface area contributed by atoms with Crippen LogP contribution in [0.1, 0.15) is 25.3 Å². The lowest BCUT2D eigenvalue weighted by Gasteiger charge is -2.30. The molecule has 0 aliphatic carbocycles. The van der Waals surface area contributed by atoms with Crippen molar-refractivity contribution in [3.05, 3.63) is 48.2 Å². The van der Waals surface area contributed by atoms with E-state index < -0.39 is 0 Å². The van der Waals surface area contributed by atoms with Crippen molar-refractivity contribution in [2.24, 2.45) is 5.92 Å². The highest BCUT2D eigenvalue weighted by atomic mass is 16.1. The average Bonchev–Trinajstić information content (AvgIpc) is 3.06. The lowest BCUT2D eigenvalue weighted by Crippen LogP contribution is -2.33. The molecule has 1 saturated heterocycles. The maximum atomic E-state index is 12.3. The average molecular weight is 349 g/mol. The Morgan fingerprint density at radius 3 is 2.77 bits per heavy atom. The molecule has 0 unspecified atom stereocenters. The number of aromatic amines is 1. The van der Waals surface area contributed by atoms with E-state index in [-0.39, 0.29) is 5.91 Å². The first-order valence-electron chi connectivity index (χ1n) is 9.12. The molecule has 134 valence electrons. The van der Waals surface area contributed by atoms with Crippen LogP contribution in [0.5, 0.6) is 0 Å². The Morgan fingerprint density at radius 2 is 2.00 bits per heavy atom. The van der Waals surface area contributed by atoms with E-state index in [0.29, 0.717) is 12.2 Å². The summed E-state index contributed by atoms with van der Waals surface area (Å²) in [5.74, 6) is 2.06. The lowest BCUT2D eigenvalue weighted by atomic mass is 9.99. The maximum Gasteiger partial charge on any atom is 0.230 e. The van der Waals surface area contributed by atoms with Crippen LogP contribution in [0.3, 0.4) is 0 Å². The normalized spacial score (nSPS) is 15.3. The second-order valence-electron chi connectivity index (χ2n) is 7.03. The second-order valence-corrected chi connectivity index (χ2v) is 7.03. The first kappa shape index (κ1) is 16.6. The van der Waals surface area contributed by atoms with E-state index in [1.807, 2.05) is 42.6 Å². The van der Waals surface area contributed by atoms with Crippen molar-refractivity contribution >= 4 is 28.4 Å². The number of nitrogens with one attached hydrogen (secondary N) is 2. The number of aromatic nitrogens is 3. The van der Waals surface area contributed by atoms with Gasteiger partial charge >= 0.3 is 0 Å². The highest BCUT2D eigenvalue weighted by molar-refractivity contribution is 5.95. The van der Waals surface area contributed by atoms with Crippen LogP contribution in [-0.2, 0) is 11.2 Å². The third-order valence-electron chi connectivity index (χ3n) is 5.05. The van der Waals surface area contributed by atoms with Gasteiger partial charge in [-0.3, -0.25) is 4.79 Å². The molecule has 1 amide bonds. The molecule has 3 heterocycles. The van der Waals surface area contributed by atoms with E-state index in [0.717, 1.165) is 41.3 Å². The van der Waals surface area contributed by atoms with Gasteiger partial charge < -0.3 is 15.2 Å². The van der Waals surface area contributed by atoms with Gasteiger partial charge in [0.15, 0.2) is 11.6 Å². The van der Waals surface area contributed by atoms with E-state index >= 15 is 0 Å². The van der Waals surface area contributed by atoms with Crippen LogP contribution in [0.15, 0.2) is 42.6 Å². The molecule has 0 radical (unpaired) electrons. The molecule has 6 heteroatoms. The lowest BCUT2D eigenvalue weighted by molar-refractivity contribution is -0.115. The van der Waals surface area contributed by atoms with E-state index in [9.17, 15) is 4.79 Å². The third-order valence-corrected chi connectivity index (χ3v) is 5.05. The number of para-hydroxylation sites is 1. The summed E-state index contributed by atoms with van der Waals surface area (Å²) < 4.78 is 0. The Hall–Kier alpha value is -2.89. The molecule has 1 aromatic carbocycles. The van der Waals surface area contributed by atoms with Gasteiger partial charge in [-0.1, -0.05) is 25.1 Å². The summed E-state index contributed by atoms with van der Waals surface area (Å²) in [7, 11) is 0. The molecular formula is C20H23N5O. The number of anilines is 2. The van der Waals surface area contributed by atoms with Crippen molar-refractivity contribution < 1.29 is 4.79 Å². The van der Waals surface area contributed by atoms with E-state index in [1.165, 1.54) is 12.8 Å². The number of amides is 1. The molecule has 1 aliphatic rings. The zero-order chi connectivity index (χ0) is 17.9. The molecular weight excluding hydrogens is 326 g/mol. The third kappa shape index (κ3) is 3.54. The van der Waals surface area contributed by atoms with Crippen LogP contribution in [0.2, 0.25) is 0 Å². The Labute approximate surface area is 152 Å². The number of nitrogens with zero attached hydrogens (tertiary/aromatic N) is 3. The molecule has 4 rings (SSSR count). The van der Waals surface area contributed by atoms with E-state index in [1.54, 1.807) is 0 Å². The number of H-pyrrole nitrogens is 1. The summed E-state index contributed by atoms with van der Waals surface area (Å²) in [6.45, 7) is 4.32. The first-order valence-corrected chi connectivity index (χ1v) is 9.12. The molecule has 6 nitrogen and oxygen atoms in total. The number of rotatable bonds is 4. The topological polar surface area (TPSA) is 73.9 Å². The zero-order valence-corrected chi connectivity index (χ0v) is 14.9. The molecule has 1 aliphatic heterocycles. The summed E-state index contributed by atoms with van der Waals surface area (Å²) >= 11 is 0. The van der Waals surface area contributed by atoms with Gasteiger partial charge in [-0.15, -0.1) is 10.2 Å². The number of carbonyl (C=O) groups excluding carboxylic acids is 1. The summed E-state index contributed by atoms with van der Waals surface area (Å²) in [6.07, 6.45) is 4.56. The van der Waals surface area contributed by atoms with Crippen molar-refractivity contribution in [1.82, 2.24) is 15.2 Å². The van der Waals surface area contributed by atoms with Gasteiger partial charge in [0.1, 0.15) is 0 Å². The van der Waals surface area contributed by atoms with Crippen molar-refractivity contribution in [3.8, 4) is 0 Å². The molecule has 0 saturated carbocycles. The summed E-state index contributed by atoms with van der Waals surface area (Å²) in [5, 5.41) is 12.4. The van der Waals surface area contributed by atoms with Crippen molar-refractivity contribution in [3.63, 3.8) is 0 Å². The van der Waals surface area contributed by atoms with Gasteiger partial charge in [0.2, 0.25) is 5.91 Å². The number of hydrogen-bond donors (Lipinski definition) is 2. The molecule has 3 aromatic rings. The van der Waals surface area contributed by atoms with Crippen LogP contribution in [-0.4, -0.2) is 34.2 Å². The minimum Gasteiger partial charge on any atom is -0.361 e. The highest BCUT2D eigenvalue weighted by Crippen LogP contribution is 2.22. The molecule has 0 bridgehead atoms. The summed E-state index contributed by atoms with van der Waals surface area (Å²) in [6, 6.07) is 11.7. The maximum absolute atomic E-state index is 12.3. The van der Waals surface area contributed by atoms with Crippen LogP contribution < -0.4 is 10.2 Å². The van der Waals surface area contributed by atoms with Gasteiger partial charge in [0.25, 0.3) is 0 Å². The van der Waals surface area contributed by atoms with Crippen molar-refractivity contribution in [2.75, 3.05) is 23.3 Å². The SMILES string of the molecule is CC1CCN(c2ccc(NC(=O)Cc3c[nH]c4ccccc34)nn2)CC1. The van der Waals surface area contributed by atoms with Gasteiger partial charge in [-0.05, 0) is 42.5 Å². The van der Waals surface area contributed by atoms with Crippen LogP contribution in [0.25, 0.3) is 10.9 Å². The number of piperidine rings is 1. The largest absolute Gasteiger partial charge is 0.361 e. The second kappa shape index (κ2) is 7.15. The first-order chi connectivity index (χ1) is 12.7. The van der Waals surface area contributed by atoms with Crippen molar-refractivity contribution in [1.29, 1.82) is 0 Å². The Balaban J connectivity index is 1.38. The highest BCUT2D eigenvalue weighted by Gasteiger charge is 2.17. The van der Waals surface area contributed by atoms with Crippen LogP contribution in [0, 0.1) is 5.92 Å². The predicted octanol–water partition coefficient (Wildman–Crippen LogP) is 3.38. The standard InChI is InChI=1S/C20H23N5O/c1-14-8-10-25(11-9-14)19-7-6-18(23-24-19)22-20(26)12-15-13-21-17-5-3-2-4-16(15)17/h2-7,13-14,21H,8-12H2,1H3,(H,22,23,26). The van der Waals surface area contributed by atoms with Crippen LogP contribution >= 0.6 is 0 Å². The molecule has 2 aromatic heterocycles. The smallest absolute Gasteiger partial charge is 0.230 e. The van der Waals surface area contributed by atoms with Gasteiger partial charge in [0.05, 0.1) is 6.42 Å². The molecule has 0 spiro atoms. The van der Waals surface area contributed by atoms with E-state index in [2.05, 4.69) is 32.3 Å². The van der Waals surface area contributed by atoms with Crippen LogP contribution in [0.4, 0.5) is 11.6 Å². The predicted molar refractivity (Wildman–Crippen MR) is 103 cm³/mol. The fourth-order valence-corrected chi connectivity index (χ4v) is 3.44. The fourth-order valence-electron chi connectivity index (χ4n) is 3.44. The Bertz CT molecular complexity index is 894. The number of fused-ring (bicyclic) bond motifs is 1. The molecule has 2 N–H and O–H groups in total. The Kier molecular flexibility index (Phi) is 4.56. The fraction of sp³-hybridized carbons (Fsp3) is 0.350. The molecule has 0 atom stereocenters. The summed E-state index contributed by atoms with van der Waals surface area (Å²) in [5.41, 5.74) is 2.01. The number of benzene rings is 1.